The SMILES string of the molecule is Fc1c(F)c(F)c(C2CCC(CCCCCl)CC2)c(-c2ccc(-c3ccccc3)cc2)c1F. The smallest absolute Gasteiger partial charge is 0.198 e. The van der Waals surface area contributed by atoms with Crippen molar-refractivity contribution in [1.82, 2.24) is 0 Å². The first-order valence-electron chi connectivity index (χ1n) is 11.6. The van der Waals surface area contributed by atoms with E-state index in [0.29, 0.717) is 30.2 Å². The summed E-state index contributed by atoms with van der Waals surface area (Å²) in [6.45, 7) is 0. The van der Waals surface area contributed by atoms with Gasteiger partial charge in [-0.25, -0.2) is 17.6 Å². The number of hydrogen-bond acceptors (Lipinski definition) is 0. The quantitative estimate of drug-likeness (QED) is 0.105. The maximum Gasteiger partial charge on any atom is 0.198 e. The Labute approximate surface area is 197 Å². The van der Waals surface area contributed by atoms with E-state index in [0.717, 1.165) is 43.2 Å². The maximum atomic E-state index is 15.1. The van der Waals surface area contributed by atoms with Gasteiger partial charge in [0.15, 0.2) is 23.3 Å². The van der Waals surface area contributed by atoms with Crippen LogP contribution in [0.1, 0.15) is 56.4 Å². The van der Waals surface area contributed by atoms with Gasteiger partial charge in [-0.1, -0.05) is 67.4 Å². The zero-order chi connectivity index (χ0) is 23.4. The monoisotopic (exact) mass is 474 g/mol. The molecule has 0 spiro atoms. The van der Waals surface area contributed by atoms with Crippen LogP contribution in [0.3, 0.4) is 0 Å². The molecular formula is C28H27ClF4. The van der Waals surface area contributed by atoms with Crippen LogP contribution in [0, 0.1) is 29.2 Å². The predicted molar refractivity (Wildman–Crippen MR) is 126 cm³/mol. The Balaban J connectivity index is 1.66. The van der Waals surface area contributed by atoms with Gasteiger partial charge in [-0.3, -0.25) is 0 Å². The van der Waals surface area contributed by atoms with Crippen LogP contribution in [-0.2, 0) is 0 Å². The highest BCUT2D eigenvalue weighted by Gasteiger charge is 2.32. The molecule has 0 atom stereocenters. The average molecular weight is 475 g/mol. The summed E-state index contributed by atoms with van der Waals surface area (Å²) in [6, 6.07) is 16.5. The van der Waals surface area contributed by atoms with Crippen molar-refractivity contribution in [3.63, 3.8) is 0 Å². The number of benzene rings is 3. The third kappa shape index (κ3) is 5.11. The van der Waals surface area contributed by atoms with E-state index in [2.05, 4.69) is 0 Å². The highest BCUT2D eigenvalue weighted by atomic mass is 35.5. The molecule has 5 heteroatoms. The second-order valence-electron chi connectivity index (χ2n) is 8.89. The Kier molecular flexibility index (Phi) is 7.75. The van der Waals surface area contributed by atoms with Gasteiger partial charge in [0.05, 0.1) is 0 Å². The van der Waals surface area contributed by atoms with Gasteiger partial charge < -0.3 is 0 Å². The molecule has 0 bridgehead atoms. The molecule has 174 valence electrons. The van der Waals surface area contributed by atoms with Crippen molar-refractivity contribution in [3.8, 4) is 22.3 Å². The van der Waals surface area contributed by atoms with Gasteiger partial charge in [0.1, 0.15) is 0 Å². The van der Waals surface area contributed by atoms with E-state index in [1.165, 1.54) is 0 Å². The summed E-state index contributed by atoms with van der Waals surface area (Å²) in [6.07, 6.45) is 6.05. The molecule has 1 aliphatic rings. The first kappa shape index (κ1) is 23.8. The summed E-state index contributed by atoms with van der Waals surface area (Å²) < 4.78 is 58.7. The first-order chi connectivity index (χ1) is 16.0. The van der Waals surface area contributed by atoms with Crippen LogP contribution in [0.2, 0.25) is 0 Å². The third-order valence-electron chi connectivity index (χ3n) is 6.84. The van der Waals surface area contributed by atoms with Crippen LogP contribution in [0.25, 0.3) is 22.3 Å². The molecule has 1 aliphatic carbocycles. The third-order valence-corrected chi connectivity index (χ3v) is 7.10. The summed E-state index contributed by atoms with van der Waals surface area (Å²) in [4.78, 5) is 0. The fourth-order valence-corrected chi connectivity index (χ4v) is 5.23. The fourth-order valence-electron chi connectivity index (χ4n) is 5.04. The maximum absolute atomic E-state index is 15.1. The summed E-state index contributed by atoms with van der Waals surface area (Å²) in [7, 11) is 0. The van der Waals surface area contributed by atoms with Crippen molar-refractivity contribution in [2.24, 2.45) is 5.92 Å². The molecule has 1 saturated carbocycles. The van der Waals surface area contributed by atoms with Crippen molar-refractivity contribution >= 4 is 11.6 Å². The number of rotatable bonds is 7. The van der Waals surface area contributed by atoms with E-state index in [-0.39, 0.29) is 17.0 Å². The minimum atomic E-state index is -1.76. The minimum Gasteiger partial charge on any atom is -0.203 e. The molecule has 0 aromatic heterocycles. The zero-order valence-electron chi connectivity index (χ0n) is 18.4. The van der Waals surface area contributed by atoms with Crippen LogP contribution in [0.15, 0.2) is 54.6 Å². The molecule has 0 N–H and O–H groups in total. The average Bonchev–Trinajstić information content (AvgIpc) is 2.86. The molecule has 0 amide bonds. The summed E-state index contributed by atoms with van der Waals surface area (Å²) in [5, 5.41) is 0. The lowest BCUT2D eigenvalue weighted by Gasteiger charge is -2.30. The molecule has 0 saturated heterocycles. The molecule has 4 rings (SSSR count). The van der Waals surface area contributed by atoms with Gasteiger partial charge in [0.2, 0.25) is 0 Å². The topological polar surface area (TPSA) is 0 Å². The summed E-state index contributed by atoms with van der Waals surface area (Å²) >= 11 is 5.76. The molecule has 0 nitrogen and oxygen atoms in total. The molecule has 1 fully saturated rings. The highest BCUT2D eigenvalue weighted by Crippen LogP contribution is 2.44. The van der Waals surface area contributed by atoms with Crippen LogP contribution in [0.5, 0.6) is 0 Å². The second kappa shape index (κ2) is 10.7. The molecule has 0 aliphatic heterocycles. The Morgan fingerprint density at radius 1 is 0.636 bits per heavy atom. The van der Waals surface area contributed by atoms with E-state index < -0.39 is 23.3 Å². The van der Waals surface area contributed by atoms with E-state index in [4.69, 9.17) is 11.6 Å². The van der Waals surface area contributed by atoms with E-state index in [1.807, 2.05) is 30.3 Å². The number of unbranched alkanes of at least 4 members (excludes halogenated alkanes) is 1. The van der Waals surface area contributed by atoms with Crippen molar-refractivity contribution in [2.75, 3.05) is 5.88 Å². The van der Waals surface area contributed by atoms with Crippen LogP contribution < -0.4 is 0 Å². The van der Waals surface area contributed by atoms with Crippen LogP contribution in [0.4, 0.5) is 17.6 Å². The normalized spacial score (nSPS) is 18.5. The Morgan fingerprint density at radius 3 is 1.85 bits per heavy atom. The van der Waals surface area contributed by atoms with Crippen molar-refractivity contribution in [3.05, 3.63) is 83.4 Å². The fraction of sp³-hybridized carbons (Fsp3) is 0.357. The lowest BCUT2D eigenvalue weighted by molar-refractivity contribution is 0.297. The molecule has 33 heavy (non-hydrogen) atoms. The largest absolute Gasteiger partial charge is 0.203 e. The van der Waals surface area contributed by atoms with Crippen molar-refractivity contribution < 1.29 is 17.6 Å². The number of alkyl halides is 1. The van der Waals surface area contributed by atoms with Gasteiger partial charge in [-0.2, -0.15) is 0 Å². The second-order valence-corrected chi connectivity index (χ2v) is 9.27. The van der Waals surface area contributed by atoms with Gasteiger partial charge >= 0.3 is 0 Å². The van der Waals surface area contributed by atoms with E-state index >= 15 is 8.78 Å². The molecule has 3 aromatic carbocycles. The Morgan fingerprint density at radius 2 is 1.21 bits per heavy atom. The number of hydrogen-bond donors (Lipinski definition) is 0. The number of halogens is 5. The van der Waals surface area contributed by atoms with Gasteiger partial charge in [-0.05, 0) is 60.6 Å². The van der Waals surface area contributed by atoms with Crippen molar-refractivity contribution in [2.45, 2.75) is 50.9 Å². The Hall–Kier alpha value is -2.33. The van der Waals surface area contributed by atoms with Gasteiger partial charge in [0.25, 0.3) is 0 Å². The molecule has 0 heterocycles. The molecule has 0 radical (unpaired) electrons. The van der Waals surface area contributed by atoms with Gasteiger partial charge in [-0.15, -0.1) is 11.6 Å². The Bertz CT molecular complexity index is 1070. The van der Waals surface area contributed by atoms with E-state index in [9.17, 15) is 8.78 Å². The molecule has 3 aromatic rings. The summed E-state index contributed by atoms with van der Waals surface area (Å²) in [5.41, 5.74) is 2.05. The lowest BCUT2D eigenvalue weighted by atomic mass is 9.75. The predicted octanol–water partition coefficient (Wildman–Crippen LogP) is 9.26. The van der Waals surface area contributed by atoms with E-state index in [1.54, 1.807) is 24.3 Å². The highest BCUT2D eigenvalue weighted by molar-refractivity contribution is 6.17. The minimum absolute atomic E-state index is 0.0296. The zero-order valence-corrected chi connectivity index (χ0v) is 19.2. The molecular weight excluding hydrogens is 448 g/mol. The van der Waals surface area contributed by atoms with Crippen molar-refractivity contribution in [1.29, 1.82) is 0 Å². The first-order valence-corrected chi connectivity index (χ1v) is 12.1. The summed E-state index contributed by atoms with van der Waals surface area (Å²) in [5.74, 6) is -5.26. The standard InChI is InChI=1S/C28H27ClF4/c29-17-5-4-6-18-9-11-21(12-10-18)23-24(26(31)28(33)27(32)25(23)30)22-15-13-20(14-16-22)19-7-2-1-3-8-19/h1-3,7-8,13-16,18,21H,4-6,9-12,17H2. The van der Waals surface area contributed by atoms with Crippen LogP contribution in [-0.4, -0.2) is 5.88 Å². The van der Waals surface area contributed by atoms with Crippen LogP contribution >= 0.6 is 11.6 Å². The van der Waals surface area contributed by atoms with Gasteiger partial charge in [0, 0.05) is 17.0 Å². The lowest BCUT2D eigenvalue weighted by Crippen LogP contribution is -2.17. The molecule has 0 unspecified atom stereocenters.